The molecule has 2 nitrogen and oxygen atoms in total. The van der Waals surface area contributed by atoms with E-state index < -0.39 is 0 Å². The summed E-state index contributed by atoms with van der Waals surface area (Å²) >= 11 is 0. The number of nitrogens with zero attached hydrogens (tertiary/aromatic N) is 2. The topological polar surface area (TPSA) is 25.8 Å². The Labute approximate surface area is 211 Å². The van der Waals surface area contributed by atoms with E-state index in [0.29, 0.717) is 0 Å². The molecule has 36 heavy (non-hydrogen) atoms. The Kier molecular flexibility index (Phi) is 5.91. The van der Waals surface area contributed by atoms with Crippen molar-refractivity contribution >= 4 is 0 Å². The van der Waals surface area contributed by atoms with Crippen molar-refractivity contribution in [3.05, 3.63) is 146 Å². The number of pyridine rings is 2. The number of aromatic nitrogens is 2. The number of benzene rings is 4. The van der Waals surface area contributed by atoms with E-state index in [0.717, 1.165) is 33.6 Å². The largest absolute Gasteiger partial charge is 0.255 e. The predicted molar refractivity (Wildman–Crippen MR) is 149 cm³/mol. The molecular weight excluding hydrogens is 436 g/mol. The van der Waals surface area contributed by atoms with Crippen LogP contribution in [0.15, 0.2) is 146 Å². The van der Waals surface area contributed by atoms with Crippen molar-refractivity contribution in [2.75, 3.05) is 0 Å². The molecule has 0 atom stereocenters. The third-order valence-electron chi connectivity index (χ3n) is 6.43. The van der Waals surface area contributed by atoms with Crippen molar-refractivity contribution in [1.29, 1.82) is 0 Å². The molecule has 0 radical (unpaired) electrons. The van der Waals surface area contributed by atoms with Crippen LogP contribution in [0.25, 0.3) is 55.9 Å². The Balaban J connectivity index is 1.27. The Morgan fingerprint density at radius 3 is 0.944 bits per heavy atom. The Morgan fingerprint density at radius 1 is 0.278 bits per heavy atom. The highest BCUT2D eigenvalue weighted by atomic mass is 14.8. The lowest BCUT2D eigenvalue weighted by Gasteiger charge is -2.09. The van der Waals surface area contributed by atoms with Crippen molar-refractivity contribution in [3.8, 4) is 55.9 Å². The van der Waals surface area contributed by atoms with Gasteiger partial charge >= 0.3 is 0 Å². The average molecular weight is 461 g/mol. The standard InChI is InChI=1S/C34H24N2/c1-3-7-25(8-4-1)27-11-15-29(16-12-27)31-19-21-35-33(23-31)34-24-32(20-22-36-34)30-17-13-28(14-18-30)26-9-5-2-6-10-26/h1-24H. The summed E-state index contributed by atoms with van der Waals surface area (Å²) in [6.45, 7) is 0. The van der Waals surface area contributed by atoms with Gasteiger partial charge in [0, 0.05) is 12.4 Å². The van der Waals surface area contributed by atoms with E-state index in [4.69, 9.17) is 0 Å². The molecule has 0 fully saturated rings. The van der Waals surface area contributed by atoms with E-state index in [-0.39, 0.29) is 0 Å². The Hall–Kier alpha value is -4.82. The van der Waals surface area contributed by atoms with E-state index in [1.165, 1.54) is 22.3 Å². The first kappa shape index (κ1) is 21.7. The Bertz CT molecular complexity index is 1460. The number of hydrogen-bond acceptors (Lipinski definition) is 2. The molecule has 0 aliphatic rings. The van der Waals surface area contributed by atoms with Crippen LogP contribution in [0.5, 0.6) is 0 Å². The summed E-state index contributed by atoms with van der Waals surface area (Å²) in [5.41, 5.74) is 11.1. The number of rotatable bonds is 5. The van der Waals surface area contributed by atoms with Crippen molar-refractivity contribution < 1.29 is 0 Å². The van der Waals surface area contributed by atoms with Crippen LogP contribution in [-0.4, -0.2) is 9.97 Å². The summed E-state index contributed by atoms with van der Waals surface area (Å²) in [5.74, 6) is 0. The van der Waals surface area contributed by atoms with Crippen molar-refractivity contribution in [2.24, 2.45) is 0 Å². The molecule has 170 valence electrons. The smallest absolute Gasteiger partial charge is 0.0892 e. The molecule has 0 saturated heterocycles. The zero-order chi connectivity index (χ0) is 24.2. The minimum absolute atomic E-state index is 0.863. The summed E-state index contributed by atoms with van der Waals surface area (Å²) in [6.07, 6.45) is 3.72. The van der Waals surface area contributed by atoms with Gasteiger partial charge in [-0.25, -0.2) is 0 Å². The first-order valence-corrected chi connectivity index (χ1v) is 12.1. The Morgan fingerprint density at radius 2 is 0.583 bits per heavy atom. The third-order valence-corrected chi connectivity index (χ3v) is 6.43. The van der Waals surface area contributed by atoms with Crippen LogP contribution in [-0.2, 0) is 0 Å². The molecule has 2 aromatic heterocycles. The summed E-state index contributed by atoms with van der Waals surface area (Å²) in [4.78, 5) is 9.25. The highest BCUT2D eigenvalue weighted by Crippen LogP contribution is 2.29. The quantitative estimate of drug-likeness (QED) is 0.257. The van der Waals surface area contributed by atoms with Crippen LogP contribution < -0.4 is 0 Å². The second kappa shape index (κ2) is 9.81. The van der Waals surface area contributed by atoms with Gasteiger partial charge in [-0.1, -0.05) is 109 Å². The van der Waals surface area contributed by atoms with Gasteiger partial charge in [0.25, 0.3) is 0 Å². The van der Waals surface area contributed by atoms with E-state index in [9.17, 15) is 0 Å². The molecule has 2 heteroatoms. The van der Waals surface area contributed by atoms with E-state index in [1.807, 2.05) is 36.7 Å². The normalized spacial score (nSPS) is 10.8. The molecule has 6 rings (SSSR count). The first-order valence-electron chi connectivity index (χ1n) is 12.1. The minimum atomic E-state index is 0.863. The average Bonchev–Trinajstić information content (AvgIpc) is 2.98. The lowest BCUT2D eigenvalue weighted by atomic mass is 9.99. The summed E-state index contributed by atoms with van der Waals surface area (Å²) in [5, 5.41) is 0. The van der Waals surface area contributed by atoms with Crippen LogP contribution in [0.4, 0.5) is 0 Å². The lowest BCUT2D eigenvalue weighted by Crippen LogP contribution is -1.90. The van der Waals surface area contributed by atoms with Gasteiger partial charge in [0.2, 0.25) is 0 Å². The predicted octanol–water partition coefficient (Wildman–Crippen LogP) is 8.81. The molecule has 0 unspecified atom stereocenters. The van der Waals surface area contributed by atoms with Gasteiger partial charge in [0.15, 0.2) is 0 Å². The van der Waals surface area contributed by atoms with Crippen LogP contribution >= 0.6 is 0 Å². The molecule has 0 aliphatic carbocycles. The number of hydrogen-bond donors (Lipinski definition) is 0. The fourth-order valence-corrected chi connectivity index (χ4v) is 4.47. The molecule has 0 amide bonds. The second-order valence-corrected chi connectivity index (χ2v) is 8.75. The van der Waals surface area contributed by atoms with Crippen molar-refractivity contribution in [1.82, 2.24) is 9.97 Å². The van der Waals surface area contributed by atoms with E-state index in [2.05, 4.69) is 119 Å². The van der Waals surface area contributed by atoms with Crippen LogP contribution in [0.3, 0.4) is 0 Å². The van der Waals surface area contributed by atoms with Gasteiger partial charge in [0.05, 0.1) is 11.4 Å². The van der Waals surface area contributed by atoms with Crippen LogP contribution in [0, 0.1) is 0 Å². The highest BCUT2D eigenvalue weighted by Gasteiger charge is 2.08. The molecule has 4 aromatic carbocycles. The van der Waals surface area contributed by atoms with Gasteiger partial charge < -0.3 is 0 Å². The molecule has 0 saturated carbocycles. The van der Waals surface area contributed by atoms with Crippen molar-refractivity contribution in [2.45, 2.75) is 0 Å². The molecular formula is C34H24N2. The molecule has 0 N–H and O–H groups in total. The van der Waals surface area contributed by atoms with Gasteiger partial charge in [-0.3, -0.25) is 9.97 Å². The van der Waals surface area contributed by atoms with Crippen LogP contribution in [0.2, 0.25) is 0 Å². The molecule has 6 aromatic rings. The van der Waals surface area contributed by atoms with E-state index in [1.54, 1.807) is 0 Å². The molecule has 2 heterocycles. The molecule has 0 spiro atoms. The van der Waals surface area contributed by atoms with Gasteiger partial charge in [0.1, 0.15) is 0 Å². The SMILES string of the molecule is c1ccc(-c2ccc(-c3ccnc(-c4cc(-c5ccc(-c6ccccc6)cc5)ccn4)c3)cc2)cc1. The second-order valence-electron chi connectivity index (χ2n) is 8.75. The van der Waals surface area contributed by atoms with Crippen molar-refractivity contribution in [3.63, 3.8) is 0 Å². The fourth-order valence-electron chi connectivity index (χ4n) is 4.47. The fraction of sp³-hybridized carbons (Fsp3) is 0. The van der Waals surface area contributed by atoms with Gasteiger partial charge in [-0.15, -0.1) is 0 Å². The van der Waals surface area contributed by atoms with E-state index >= 15 is 0 Å². The van der Waals surface area contributed by atoms with Gasteiger partial charge in [-0.05, 0) is 68.8 Å². The maximum absolute atomic E-state index is 4.63. The molecule has 0 aliphatic heterocycles. The maximum Gasteiger partial charge on any atom is 0.0892 e. The monoisotopic (exact) mass is 460 g/mol. The summed E-state index contributed by atoms with van der Waals surface area (Å²) in [6, 6.07) is 46.5. The first-order chi connectivity index (χ1) is 17.8. The lowest BCUT2D eigenvalue weighted by molar-refractivity contribution is 1.25. The van der Waals surface area contributed by atoms with Crippen LogP contribution in [0.1, 0.15) is 0 Å². The summed E-state index contributed by atoms with van der Waals surface area (Å²) < 4.78 is 0. The van der Waals surface area contributed by atoms with Gasteiger partial charge in [-0.2, -0.15) is 0 Å². The molecule has 0 bridgehead atoms. The maximum atomic E-state index is 4.63. The third kappa shape index (κ3) is 4.57. The zero-order valence-corrected chi connectivity index (χ0v) is 19.8. The zero-order valence-electron chi connectivity index (χ0n) is 19.8. The minimum Gasteiger partial charge on any atom is -0.255 e. The summed E-state index contributed by atoms with van der Waals surface area (Å²) in [7, 11) is 0. The highest BCUT2D eigenvalue weighted by molar-refractivity contribution is 5.75.